The zero-order chi connectivity index (χ0) is 18.8. The van der Waals surface area contributed by atoms with E-state index in [9.17, 15) is 14.4 Å². The Morgan fingerprint density at radius 2 is 2.08 bits per heavy atom. The van der Waals surface area contributed by atoms with Crippen molar-refractivity contribution < 1.29 is 9.59 Å². The Bertz CT molecular complexity index is 1050. The van der Waals surface area contributed by atoms with E-state index in [1.54, 1.807) is 12.1 Å². The van der Waals surface area contributed by atoms with Gasteiger partial charge in [0.2, 0.25) is 5.91 Å². The molecule has 0 radical (unpaired) electrons. The summed E-state index contributed by atoms with van der Waals surface area (Å²) in [7, 11) is 3.78. The van der Waals surface area contributed by atoms with Gasteiger partial charge in [-0.2, -0.15) is 0 Å². The number of rotatable bonds is 5. The standard InChI is InChI=1S/C17H18N6O3/c1-22(2)9-11-4-3-10(15(18)25)7-13(11)21-17(26)12-8-20-23-14(24)5-6-19-16(12)23/h3-8,20H,9H2,1-2H3,(H2,18,25)(H,21,26). The number of nitrogens with one attached hydrogen (secondary N) is 2. The average Bonchev–Trinajstić information content (AvgIpc) is 3.01. The topological polar surface area (TPSA) is 126 Å². The molecule has 2 heterocycles. The summed E-state index contributed by atoms with van der Waals surface area (Å²) in [6, 6.07) is 6.18. The highest BCUT2D eigenvalue weighted by Crippen LogP contribution is 2.20. The first kappa shape index (κ1) is 17.4. The maximum Gasteiger partial charge on any atom is 0.272 e. The molecule has 3 aromatic rings. The molecule has 9 nitrogen and oxygen atoms in total. The third kappa shape index (κ3) is 3.33. The van der Waals surface area contributed by atoms with Crippen LogP contribution in [-0.2, 0) is 6.54 Å². The summed E-state index contributed by atoms with van der Waals surface area (Å²) in [6.45, 7) is 0.556. The van der Waals surface area contributed by atoms with Gasteiger partial charge in [0.25, 0.3) is 11.5 Å². The lowest BCUT2D eigenvalue weighted by molar-refractivity contribution is 0.0996. The molecule has 0 unspecified atom stereocenters. The van der Waals surface area contributed by atoms with Crippen molar-refractivity contribution in [2.45, 2.75) is 6.54 Å². The number of H-pyrrole nitrogens is 1. The van der Waals surface area contributed by atoms with Gasteiger partial charge >= 0.3 is 0 Å². The zero-order valence-corrected chi connectivity index (χ0v) is 14.3. The Hall–Kier alpha value is -3.46. The van der Waals surface area contributed by atoms with E-state index in [4.69, 9.17) is 5.73 Å². The van der Waals surface area contributed by atoms with E-state index in [2.05, 4.69) is 15.4 Å². The molecule has 3 rings (SSSR count). The molecule has 0 atom stereocenters. The lowest BCUT2D eigenvalue weighted by Gasteiger charge is -2.15. The van der Waals surface area contributed by atoms with Crippen LogP contribution < -0.4 is 16.6 Å². The second kappa shape index (κ2) is 6.81. The van der Waals surface area contributed by atoms with Gasteiger partial charge in [-0.1, -0.05) is 6.07 Å². The smallest absolute Gasteiger partial charge is 0.272 e. The van der Waals surface area contributed by atoms with Crippen LogP contribution in [-0.4, -0.2) is 45.4 Å². The maximum absolute atomic E-state index is 12.7. The number of hydrogen-bond donors (Lipinski definition) is 3. The van der Waals surface area contributed by atoms with Gasteiger partial charge < -0.3 is 16.0 Å². The minimum atomic E-state index is -0.586. The number of carbonyl (C=O) groups excluding carboxylic acids is 2. The van der Waals surface area contributed by atoms with Crippen molar-refractivity contribution in [3.8, 4) is 0 Å². The molecule has 9 heteroatoms. The first-order valence-electron chi connectivity index (χ1n) is 7.81. The van der Waals surface area contributed by atoms with Crippen molar-refractivity contribution in [2.75, 3.05) is 19.4 Å². The Morgan fingerprint density at radius 3 is 2.77 bits per heavy atom. The van der Waals surface area contributed by atoms with Gasteiger partial charge in [-0.15, -0.1) is 0 Å². The summed E-state index contributed by atoms with van der Waals surface area (Å²) in [4.78, 5) is 41.9. The molecule has 0 aliphatic heterocycles. The van der Waals surface area contributed by atoms with E-state index >= 15 is 0 Å². The first-order chi connectivity index (χ1) is 12.4. The predicted molar refractivity (Wildman–Crippen MR) is 96.1 cm³/mol. The van der Waals surface area contributed by atoms with Crippen molar-refractivity contribution in [3.63, 3.8) is 0 Å². The van der Waals surface area contributed by atoms with Gasteiger partial charge in [0.15, 0.2) is 5.65 Å². The van der Waals surface area contributed by atoms with Crippen LogP contribution in [0.1, 0.15) is 26.3 Å². The number of primary amides is 1. The van der Waals surface area contributed by atoms with E-state index in [-0.39, 0.29) is 22.3 Å². The summed E-state index contributed by atoms with van der Waals surface area (Å²) in [5, 5.41) is 5.47. The van der Waals surface area contributed by atoms with Gasteiger partial charge in [0, 0.05) is 36.3 Å². The van der Waals surface area contributed by atoms with Crippen LogP contribution in [0.2, 0.25) is 0 Å². The number of carbonyl (C=O) groups is 2. The van der Waals surface area contributed by atoms with Crippen LogP contribution in [0.5, 0.6) is 0 Å². The number of aromatic amines is 1. The molecule has 2 amide bonds. The monoisotopic (exact) mass is 354 g/mol. The summed E-state index contributed by atoms with van der Waals surface area (Å²) < 4.78 is 1.18. The number of fused-ring (bicyclic) bond motifs is 1. The Balaban J connectivity index is 1.99. The van der Waals surface area contributed by atoms with E-state index in [0.717, 1.165) is 5.56 Å². The van der Waals surface area contributed by atoms with Crippen LogP contribution >= 0.6 is 0 Å². The van der Waals surface area contributed by atoms with Crippen LogP contribution in [0.3, 0.4) is 0 Å². The van der Waals surface area contributed by atoms with E-state index < -0.39 is 11.8 Å². The lowest BCUT2D eigenvalue weighted by atomic mass is 10.1. The van der Waals surface area contributed by atoms with Crippen molar-refractivity contribution in [2.24, 2.45) is 5.73 Å². The molecule has 0 spiro atoms. The zero-order valence-electron chi connectivity index (χ0n) is 14.3. The molecule has 0 saturated heterocycles. The Kier molecular flexibility index (Phi) is 4.55. The van der Waals surface area contributed by atoms with Gasteiger partial charge in [-0.25, -0.2) is 9.50 Å². The average molecular weight is 354 g/mol. The number of aromatic nitrogens is 3. The van der Waals surface area contributed by atoms with E-state index in [0.29, 0.717) is 12.2 Å². The molecule has 2 aromatic heterocycles. The molecule has 1 aromatic carbocycles. The van der Waals surface area contributed by atoms with Crippen LogP contribution in [0, 0.1) is 0 Å². The molecular weight excluding hydrogens is 336 g/mol. The molecule has 26 heavy (non-hydrogen) atoms. The molecule has 0 fully saturated rings. The number of amides is 2. The number of nitrogens with two attached hydrogens (primary N) is 1. The lowest BCUT2D eigenvalue weighted by Crippen LogP contribution is -2.19. The second-order valence-corrected chi connectivity index (χ2v) is 6.06. The van der Waals surface area contributed by atoms with Crippen LogP contribution in [0.4, 0.5) is 5.69 Å². The highest BCUT2D eigenvalue weighted by molar-refractivity contribution is 6.09. The van der Waals surface area contributed by atoms with Crippen LogP contribution in [0.15, 0.2) is 41.5 Å². The quantitative estimate of drug-likeness (QED) is 0.613. The summed E-state index contributed by atoms with van der Waals surface area (Å²) in [6.07, 6.45) is 2.75. The number of anilines is 1. The van der Waals surface area contributed by atoms with Crippen molar-refractivity contribution in [1.29, 1.82) is 0 Å². The van der Waals surface area contributed by atoms with Crippen molar-refractivity contribution >= 4 is 23.1 Å². The highest BCUT2D eigenvalue weighted by Gasteiger charge is 2.17. The normalized spacial score (nSPS) is 11.0. The molecule has 134 valence electrons. The summed E-state index contributed by atoms with van der Waals surface area (Å²) in [5.74, 6) is -1.04. The summed E-state index contributed by atoms with van der Waals surface area (Å²) in [5.41, 5.74) is 7.02. The van der Waals surface area contributed by atoms with Gasteiger partial charge in [0.1, 0.15) is 5.56 Å². The fourth-order valence-electron chi connectivity index (χ4n) is 2.60. The van der Waals surface area contributed by atoms with Crippen molar-refractivity contribution in [1.82, 2.24) is 19.5 Å². The molecule has 0 bridgehead atoms. The maximum atomic E-state index is 12.7. The fourth-order valence-corrected chi connectivity index (χ4v) is 2.60. The molecular formula is C17H18N6O3. The van der Waals surface area contributed by atoms with Crippen LogP contribution in [0.25, 0.3) is 5.65 Å². The third-order valence-electron chi connectivity index (χ3n) is 3.80. The second-order valence-electron chi connectivity index (χ2n) is 6.06. The third-order valence-corrected chi connectivity index (χ3v) is 3.80. The van der Waals surface area contributed by atoms with Crippen molar-refractivity contribution in [3.05, 3.63) is 63.7 Å². The van der Waals surface area contributed by atoms with E-state index in [1.165, 1.54) is 29.0 Å². The predicted octanol–water partition coefficient (Wildman–Crippen LogP) is 0.435. The van der Waals surface area contributed by atoms with Gasteiger partial charge in [0.05, 0.1) is 0 Å². The Labute approximate surface area is 148 Å². The molecule has 0 aliphatic rings. The molecule has 0 saturated carbocycles. The number of nitrogens with zero attached hydrogens (tertiary/aromatic N) is 3. The first-order valence-corrected chi connectivity index (χ1v) is 7.81. The Morgan fingerprint density at radius 1 is 1.31 bits per heavy atom. The van der Waals surface area contributed by atoms with Gasteiger partial charge in [-0.3, -0.25) is 19.5 Å². The largest absolute Gasteiger partial charge is 0.366 e. The number of benzene rings is 1. The van der Waals surface area contributed by atoms with Gasteiger partial charge in [-0.05, 0) is 31.8 Å². The minimum Gasteiger partial charge on any atom is -0.366 e. The fraction of sp³-hybridized carbons (Fsp3) is 0.176. The SMILES string of the molecule is CN(C)Cc1ccc(C(N)=O)cc1NC(=O)c1c[nH]n2c(=O)ccnc12. The molecule has 0 aliphatic carbocycles. The molecule has 4 N–H and O–H groups in total. The van der Waals surface area contributed by atoms with E-state index in [1.807, 2.05) is 19.0 Å². The summed E-state index contributed by atoms with van der Waals surface area (Å²) >= 11 is 0. The minimum absolute atomic E-state index is 0.211. The number of hydrogen-bond acceptors (Lipinski definition) is 5. The highest BCUT2D eigenvalue weighted by atomic mass is 16.2.